The molecule has 2 heterocycles. The predicted molar refractivity (Wildman–Crippen MR) is 83.7 cm³/mol. The predicted octanol–water partition coefficient (Wildman–Crippen LogP) is 2.65. The lowest BCUT2D eigenvalue weighted by molar-refractivity contribution is -0.138. The zero-order chi connectivity index (χ0) is 16.4. The SMILES string of the molecule is Cc1cnc([C@H]2CN(C(=O)Cc3ccc(F)c(Cl)c3)CCO2)[nH]1. The summed E-state index contributed by atoms with van der Waals surface area (Å²) in [5, 5.41) is 0.0289. The van der Waals surface area contributed by atoms with Crippen LogP contribution in [-0.2, 0) is 16.0 Å². The first-order valence-corrected chi connectivity index (χ1v) is 7.75. The number of nitrogens with zero attached hydrogens (tertiary/aromatic N) is 2. The fourth-order valence-corrected chi connectivity index (χ4v) is 2.78. The van der Waals surface area contributed by atoms with Crippen LogP contribution in [0.2, 0.25) is 5.02 Å². The van der Waals surface area contributed by atoms with Crippen LogP contribution in [0.1, 0.15) is 23.2 Å². The number of hydrogen-bond acceptors (Lipinski definition) is 3. The Morgan fingerprint density at radius 2 is 2.39 bits per heavy atom. The van der Waals surface area contributed by atoms with E-state index in [2.05, 4.69) is 9.97 Å². The third-order valence-electron chi connectivity index (χ3n) is 3.79. The molecule has 0 saturated carbocycles. The Bertz CT molecular complexity index is 719. The molecule has 0 unspecified atom stereocenters. The number of hydrogen-bond donors (Lipinski definition) is 1. The maximum atomic E-state index is 13.2. The van der Waals surface area contributed by atoms with Crippen molar-refractivity contribution in [1.82, 2.24) is 14.9 Å². The molecule has 0 bridgehead atoms. The van der Waals surface area contributed by atoms with E-state index in [4.69, 9.17) is 16.3 Å². The van der Waals surface area contributed by atoms with Crippen LogP contribution < -0.4 is 0 Å². The highest BCUT2D eigenvalue weighted by Gasteiger charge is 2.27. The van der Waals surface area contributed by atoms with E-state index in [0.717, 1.165) is 11.5 Å². The average molecular weight is 338 g/mol. The number of aromatic amines is 1. The van der Waals surface area contributed by atoms with Crippen molar-refractivity contribution in [2.45, 2.75) is 19.4 Å². The Kier molecular flexibility index (Phi) is 4.63. The monoisotopic (exact) mass is 337 g/mol. The Morgan fingerprint density at radius 1 is 1.57 bits per heavy atom. The van der Waals surface area contributed by atoms with Crippen molar-refractivity contribution in [3.05, 3.63) is 52.3 Å². The van der Waals surface area contributed by atoms with Crippen LogP contribution in [0.25, 0.3) is 0 Å². The summed E-state index contributed by atoms with van der Waals surface area (Å²) in [5.74, 6) is 0.205. The van der Waals surface area contributed by atoms with Crippen molar-refractivity contribution < 1.29 is 13.9 Å². The van der Waals surface area contributed by atoms with E-state index >= 15 is 0 Å². The molecule has 5 nitrogen and oxygen atoms in total. The molecule has 122 valence electrons. The van der Waals surface area contributed by atoms with Gasteiger partial charge in [-0.15, -0.1) is 0 Å². The highest BCUT2D eigenvalue weighted by atomic mass is 35.5. The Balaban J connectivity index is 1.65. The van der Waals surface area contributed by atoms with Gasteiger partial charge >= 0.3 is 0 Å². The van der Waals surface area contributed by atoms with Gasteiger partial charge in [0.25, 0.3) is 0 Å². The van der Waals surface area contributed by atoms with E-state index in [9.17, 15) is 9.18 Å². The fraction of sp³-hybridized carbons (Fsp3) is 0.375. The van der Waals surface area contributed by atoms with Crippen LogP contribution in [0.3, 0.4) is 0 Å². The Labute approximate surface area is 138 Å². The topological polar surface area (TPSA) is 58.2 Å². The van der Waals surface area contributed by atoms with Gasteiger partial charge in [0.2, 0.25) is 5.91 Å². The largest absolute Gasteiger partial charge is 0.367 e. The molecular formula is C16H17ClFN3O2. The van der Waals surface area contributed by atoms with Crippen molar-refractivity contribution in [2.24, 2.45) is 0 Å². The summed E-state index contributed by atoms with van der Waals surface area (Å²) in [5.41, 5.74) is 1.64. The summed E-state index contributed by atoms with van der Waals surface area (Å²) < 4.78 is 18.9. The molecule has 1 saturated heterocycles. The number of benzene rings is 1. The van der Waals surface area contributed by atoms with Crippen molar-refractivity contribution >= 4 is 17.5 Å². The summed E-state index contributed by atoms with van der Waals surface area (Å²) in [6.07, 6.45) is 1.67. The molecule has 7 heteroatoms. The van der Waals surface area contributed by atoms with Gasteiger partial charge < -0.3 is 14.6 Å². The number of halogens is 2. The van der Waals surface area contributed by atoms with Crippen LogP contribution in [-0.4, -0.2) is 40.5 Å². The summed E-state index contributed by atoms with van der Waals surface area (Å²) in [6, 6.07) is 4.34. The fourth-order valence-electron chi connectivity index (χ4n) is 2.57. The zero-order valence-electron chi connectivity index (χ0n) is 12.7. The summed E-state index contributed by atoms with van der Waals surface area (Å²) in [4.78, 5) is 21.6. The van der Waals surface area contributed by atoms with E-state index in [0.29, 0.717) is 25.3 Å². The van der Waals surface area contributed by atoms with Gasteiger partial charge in [0, 0.05) is 18.4 Å². The Morgan fingerprint density at radius 3 is 3.09 bits per heavy atom. The van der Waals surface area contributed by atoms with Crippen molar-refractivity contribution in [3.63, 3.8) is 0 Å². The Hall–Kier alpha value is -1.92. The molecule has 0 radical (unpaired) electrons. The molecule has 0 spiro atoms. The van der Waals surface area contributed by atoms with Crippen LogP contribution in [0.4, 0.5) is 4.39 Å². The third-order valence-corrected chi connectivity index (χ3v) is 4.08. The normalized spacial score (nSPS) is 18.2. The number of amides is 1. The summed E-state index contributed by atoms with van der Waals surface area (Å²) in [6.45, 7) is 3.35. The van der Waals surface area contributed by atoms with Crippen LogP contribution in [0, 0.1) is 12.7 Å². The summed E-state index contributed by atoms with van der Waals surface area (Å²) in [7, 11) is 0. The third kappa shape index (κ3) is 3.71. The van der Waals surface area contributed by atoms with Gasteiger partial charge in [0.05, 0.1) is 24.6 Å². The first kappa shape index (κ1) is 16.0. The standard InChI is InChI=1S/C16H17ClFN3O2/c1-10-8-19-16(20-10)14-9-21(4-5-23-14)15(22)7-11-2-3-13(18)12(17)6-11/h2-3,6,8,14H,4-5,7,9H2,1H3,(H,19,20)/t14-/m1/s1. The molecule has 1 aromatic heterocycles. The number of carbonyl (C=O) groups excluding carboxylic acids is 1. The van der Waals surface area contributed by atoms with Gasteiger partial charge in [-0.3, -0.25) is 4.79 Å². The van der Waals surface area contributed by atoms with Gasteiger partial charge in [0.15, 0.2) is 0 Å². The number of imidazole rings is 1. The number of carbonyl (C=O) groups is 1. The van der Waals surface area contributed by atoms with Gasteiger partial charge in [-0.1, -0.05) is 17.7 Å². The van der Waals surface area contributed by atoms with Crippen molar-refractivity contribution in [3.8, 4) is 0 Å². The summed E-state index contributed by atoms with van der Waals surface area (Å²) >= 11 is 5.76. The number of H-pyrrole nitrogens is 1. The minimum atomic E-state index is -0.484. The minimum Gasteiger partial charge on any atom is -0.367 e. The first-order chi connectivity index (χ1) is 11.0. The number of aryl methyl sites for hydroxylation is 1. The number of rotatable bonds is 3. The van der Waals surface area contributed by atoms with E-state index in [1.165, 1.54) is 12.1 Å². The maximum Gasteiger partial charge on any atom is 0.227 e. The van der Waals surface area contributed by atoms with Gasteiger partial charge in [-0.2, -0.15) is 0 Å². The minimum absolute atomic E-state index is 0.0289. The number of morpholine rings is 1. The molecule has 1 aliphatic rings. The van der Waals surface area contributed by atoms with Crippen molar-refractivity contribution in [2.75, 3.05) is 19.7 Å². The number of nitrogens with one attached hydrogen (secondary N) is 1. The molecule has 1 aromatic carbocycles. The quantitative estimate of drug-likeness (QED) is 0.936. The average Bonchev–Trinajstić information content (AvgIpc) is 2.98. The molecule has 1 N–H and O–H groups in total. The van der Waals surface area contributed by atoms with Gasteiger partial charge in [0.1, 0.15) is 17.7 Å². The number of ether oxygens (including phenoxy) is 1. The van der Waals surface area contributed by atoms with E-state index in [-0.39, 0.29) is 23.5 Å². The second kappa shape index (κ2) is 6.68. The lowest BCUT2D eigenvalue weighted by Gasteiger charge is -2.32. The van der Waals surface area contributed by atoms with Crippen LogP contribution >= 0.6 is 11.6 Å². The molecule has 0 aliphatic carbocycles. The van der Waals surface area contributed by atoms with Crippen LogP contribution in [0.15, 0.2) is 24.4 Å². The molecule has 23 heavy (non-hydrogen) atoms. The van der Waals surface area contributed by atoms with Gasteiger partial charge in [-0.25, -0.2) is 9.37 Å². The molecule has 1 fully saturated rings. The van der Waals surface area contributed by atoms with Gasteiger partial charge in [-0.05, 0) is 24.6 Å². The highest BCUT2D eigenvalue weighted by molar-refractivity contribution is 6.30. The molecule has 1 atom stereocenters. The second-order valence-electron chi connectivity index (χ2n) is 5.58. The van der Waals surface area contributed by atoms with Crippen molar-refractivity contribution in [1.29, 1.82) is 0 Å². The highest BCUT2D eigenvalue weighted by Crippen LogP contribution is 2.21. The van der Waals surface area contributed by atoms with E-state index in [1.807, 2.05) is 6.92 Å². The molecule has 1 amide bonds. The molecule has 3 rings (SSSR count). The maximum absolute atomic E-state index is 13.2. The molecule has 2 aromatic rings. The molecule has 1 aliphatic heterocycles. The smallest absolute Gasteiger partial charge is 0.227 e. The first-order valence-electron chi connectivity index (χ1n) is 7.38. The lowest BCUT2D eigenvalue weighted by Crippen LogP contribution is -2.43. The van der Waals surface area contributed by atoms with E-state index in [1.54, 1.807) is 17.2 Å². The zero-order valence-corrected chi connectivity index (χ0v) is 13.4. The van der Waals surface area contributed by atoms with Crippen LogP contribution in [0.5, 0.6) is 0 Å². The molecular weight excluding hydrogens is 321 g/mol. The second-order valence-corrected chi connectivity index (χ2v) is 5.98. The van der Waals surface area contributed by atoms with E-state index < -0.39 is 5.82 Å². The lowest BCUT2D eigenvalue weighted by atomic mass is 10.1. The number of aromatic nitrogens is 2.